The van der Waals surface area contributed by atoms with Crippen molar-refractivity contribution < 1.29 is 9.53 Å². The summed E-state index contributed by atoms with van der Waals surface area (Å²) in [6.07, 6.45) is 1.76. The SMILES string of the molecule is CCOc1ccc(C=Nc2ccc(C(N)=O)cc2)cc1. The van der Waals surface area contributed by atoms with Gasteiger partial charge in [0.25, 0.3) is 0 Å². The molecule has 0 aliphatic heterocycles. The molecule has 0 unspecified atom stereocenters. The predicted molar refractivity (Wildman–Crippen MR) is 79.8 cm³/mol. The van der Waals surface area contributed by atoms with E-state index >= 15 is 0 Å². The van der Waals surface area contributed by atoms with E-state index in [2.05, 4.69) is 4.99 Å². The highest BCUT2D eigenvalue weighted by molar-refractivity contribution is 5.93. The van der Waals surface area contributed by atoms with Gasteiger partial charge in [0.1, 0.15) is 5.75 Å². The van der Waals surface area contributed by atoms with Crippen LogP contribution in [-0.2, 0) is 0 Å². The molecule has 0 aliphatic carbocycles. The van der Waals surface area contributed by atoms with Crippen LogP contribution in [0.2, 0.25) is 0 Å². The van der Waals surface area contributed by atoms with Crippen LogP contribution in [0.3, 0.4) is 0 Å². The van der Waals surface area contributed by atoms with Crippen molar-refractivity contribution in [3.8, 4) is 5.75 Å². The summed E-state index contributed by atoms with van der Waals surface area (Å²) < 4.78 is 5.37. The third-order valence-corrected chi connectivity index (χ3v) is 2.71. The average molecular weight is 268 g/mol. The number of benzene rings is 2. The van der Waals surface area contributed by atoms with Gasteiger partial charge in [-0.05, 0) is 61.0 Å². The van der Waals surface area contributed by atoms with Crippen molar-refractivity contribution in [3.05, 3.63) is 59.7 Å². The maximum atomic E-state index is 10.9. The minimum atomic E-state index is -0.438. The van der Waals surface area contributed by atoms with E-state index in [4.69, 9.17) is 10.5 Å². The Morgan fingerprint density at radius 3 is 2.35 bits per heavy atom. The number of rotatable bonds is 5. The molecule has 2 rings (SSSR count). The van der Waals surface area contributed by atoms with E-state index in [-0.39, 0.29) is 0 Å². The van der Waals surface area contributed by atoms with Crippen LogP contribution in [0.1, 0.15) is 22.8 Å². The Bertz CT molecular complexity index is 601. The molecule has 2 aromatic carbocycles. The van der Waals surface area contributed by atoms with Crippen molar-refractivity contribution in [2.75, 3.05) is 6.61 Å². The highest BCUT2D eigenvalue weighted by Gasteiger charge is 1.98. The topological polar surface area (TPSA) is 64.7 Å². The number of hydrogen-bond donors (Lipinski definition) is 1. The van der Waals surface area contributed by atoms with Gasteiger partial charge >= 0.3 is 0 Å². The molecule has 0 atom stereocenters. The van der Waals surface area contributed by atoms with Crippen molar-refractivity contribution in [1.82, 2.24) is 0 Å². The standard InChI is InChI=1S/C16H16N2O2/c1-2-20-15-9-3-12(4-10-15)11-18-14-7-5-13(6-8-14)16(17)19/h3-11H,2H2,1H3,(H2,17,19). The Labute approximate surface area is 117 Å². The van der Waals surface area contributed by atoms with Crippen LogP contribution in [-0.4, -0.2) is 18.7 Å². The van der Waals surface area contributed by atoms with Crippen molar-refractivity contribution in [2.45, 2.75) is 6.92 Å². The highest BCUT2D eigenvalue weighted by atomic mass is 16.5. The normalized spacial score (nSPS) is 10.7. The molecule has 102 valence electrons. The summed E-state index contributed by atoms with van der Waals surface area (Å²) in [6, 6.07) is 14.5. The van der Waals surface area contributed by atoms with E-state index in [0.29, 0.717) is 12.2 Å². The van der Waals surface area contributed by atoms with Gasteiger partial charge in [-0.1, -0.05) is 0 Å². The molecule has 0 aromatic heterocycles. The first-order valence-electron chi connectivity index (χ1n) is 6.36. The van der Waals surface area contributed by atoms with E-state index in [1.807, 2.05) is 31.2 Å². The van der Waals surface area contributed by atoms with E-state index in [1.165, 1.54) is 0 Å². The van der Waals surface area contributed by atoms with Crippen molar-refractivity contribution >= 4 is 17.8 Å². The predicted octanol–water partition coefficient (Wildman–Crippen LogP) is 2.93. The number of carbonyl (C=O) groups excluding carboxylic acids is 1. The first kappa shape index (κ1) is 13.8. The molecule has 4 heteroatoms. The molecule has 0 spiro atoms. The molecule has 1 amide bonds. The first-order chi connectivity index (χ1) is 9.69. The Hall–Kier alpha value is -2.62. The van der Waals surface area contributed by atoms with E-state index in [9.17, 15) is 4.79 Å². The van der Waals surface area contributed by atoms with Crippen molar-refractivity contribution in [3.63, 3.8) is 0 Å². The summed E-state index contributed by atoms with van der Waals surface area (Å²) in [6.45, 7) is 2.60. The lowest BCUT2D eigenvalue weighted by Crippen LogP contribution is -2.10. The number of primary amides is 1. The molecule has 2 N–H and O–H groups in total. The minimum absolute atomic E-state index is 0.438. The van der Waals surface area contributed by atoms with Crippen LogP contribution in [0.5, 0.6) is 5.75 Å². The van der Waals surface area contributed by atoms with Gasteiger partial charge in [0.15, 0.2) is 0 Å². The number of ether oxygens (including phenoxy) is 1. The fraction of sp³-hybridized carbons (Fsp3) is 0.125. The second-order valence-electron chi connectivity index (χ2n) is 4.17. The quantitative estimate of drug-likeness (QED) is 0.847. The van der Waals surface area contributed by atoms with Crippen LogP contribution in [0.15, 0.2) is 53.5 Å². The molecule has 0 heterocycles. The summed E-state index contributed by atoms with van der Waals surface area (Å²) >= 11 is 0. The maximum Gasteiger partial charge on any atom is 0.248 e. The minimum Gasteiger partial charge on any atom is -0.494 e. The molecule has 0 aliphatic rings. The van der Waals surface area contributed by atoms with Crippen LogP contribution in [0, 0.1) is 0 Å². The van der Waals surface area contributed by atoms with Crippen molar-refractivity contribution in [1.29, 1.82) is 0 Å². The molecule has 0 bridgehead atoms. The van der Waals surface area contributed by atoms with Crippen LogP contribution < -0.4 is 10.5 Å². The van der Waals surface area contributed by atoms with Gasteiger partial charge in [0.2, 0.25) is 5.91 Å². The summed E-state index contributed by atoms with van der Waals surface area (Å²) in [5.74, 6) is 0.405. The van der Waals surface area contributed by atoms with E-state index in [0.717, 1.165) is 17.0 Å². The summed E-state index contributed by atoms with van der Waals surface area (Å²) in [7, 11) is 0. The zero-order valence-electron chi connectivity index (χ0n) is 11.2. The smallest absolute Gasteiger partial charge is 0.248 e. The third kappa shape index (κ3) is 3.68. The van der Waals surface area contributed by atoms with Gasteiger partial charge < -0.3 is 10.5 Å². The van der Waals surface area contributed by atoms with Gasteiger partial charge in [-0.3, -0.25) is 9.79 Å². The van der Waals surface area contributed by atoms with Crippen LogP contribution in [0.4, 0.5) is 5.69 Å². The number of nitrogens with two attached hydrogens (primary N) is 1. The highest BCUT2D eigenvalue weighted by Crippen LogP contribution is 2.14. The number of hydrogen-bond acceptors (Lipinski definition) is 3. The molecule has 0 radical (unpaired) electrons. The Morgan fingerprint density at radius 2 is 1.80 bits per heavy atom. The van der Waals surface area contributed by atoms with Crippen molar-refractivity contribution in [2.24, 2.45) is 10.7 Å². The maximum absolute atomic E-state index is 10.9. The molecule has 2 aromatic rings. The van der Waals surface area contributed by atoms with E-state index < -0.39 is 5.91 Å². The Morgan fingerprint density at radius 1 is 1.15 bits per heavy atom. The number of nitrogens with zero attached hydrogens (tertiary/aromatic N) is 1. The van der Waals surface area contributed by atoms with Gasteiger partial charge in [-0.15, -0.1) is 0 Å². The summed E-state index contributed by atoms with van der Waals surface area (Å²) in [5.41, 5.74) is 7.40. The molecule has 0 saturated heterocycles. The molecular formula is C16H16N2O2. The van der Waals surface area contributed by atoms with Gasteiger partial charge in [0.05, 0.1) is 12.3 Å². The second-order valence-corrected chi connectivity index (χ2v) is 4.17. The van der Waals surface area contributed by atoms with Crippen LogP contribution >= 0.6 is 0 Å². The number of amides is 1. The molecular weight excluding hydrogens is 252 g/mol. The molecule has 4 nitrogen and oxygen atoms in total. The second kappa shape index (κ2) is 6.52. The Kier molecular flexibility index (Phi) is 4.50. The lowest BCUT2D eigenvalue weighted by atomic mass is 10.2. The molecule has 0 saturated carbocycles. The number of aliphatic imine (C=N–C) groups is 1. The first-order valence-corrected chi connectivity index (χ1v) is 6.36. The van der Waals surface area contributed by atoms with E-state index in [1.54, 1.807) is 30.5 Å². The van der Waals surface area contributed by atoms with Crippen LogP contribution in [0.25, 0.3) is 0 Å². The van der Waals surface area contributed by atoms with Gasteiger partial charge in [0, 0.05) is 11.8 Å². The largest absolute Gasteiger partial charge is 0.494 e. The fourth-order valence-electron chi connectivity index (χ4n) is 1.68. The lowest BCUT2D eigenvalue weighted by molar-refractivity contribution is 0.100. The zero-order chi connectivity index (χ0) is 14.4. The zero-order valence-corrected chi connectivity index (χ0v) is 11.2. The summed E-state index contributed by atoms with van der Waals surface area (Å²) in [4.78, 5) is 15.3. The Balaban J connectivity index is 2.06. The number of carbonyl (C=O) groups is 1. The average Bonchev–Trinajstić information content (AvgIpc) is 2.47. The molecule has 20 heavy (non-hydrogen) atoms. The molecule has 0 fully saturated rings. The van der Waals surface area contributed by atoms with Gasteiger partial charge in [-0.25, -0.2) is 0 Å². The lowest BCUT2D eigenvalue weighted by Gasteiger charge is -2.02. The summed E-state index contributed by atoms with van der Waals surface area (Å²) in [5, 5.41) is 0. The van der Waals surface area contributed by atoms with Gasteiger partial charge in [-0.2, -0.15) is 0 Å². The fourth-order valence-corrected chi connectivity index (χ4v) is 1.68. The monoisotopic (exact) mass is 268 g/mol. The third-order valence-electron chi connectivity index (χ3n) is 2.71.